The third kappa shape index (κ3) is 5.45. The molecular formula is C23H33F3N2O6. The van der Waals surface area contributed by atoms with Gasteiger partial charge in [0.15, 0.2) is 11.6 Å². The summed E-state index contributed by atoms with van der Waals surface area (Å²) in [6.07, 6.45) is -5.59. The predicted molar refractivity (Wildman–Crippen MR) is 113 cm³/mol. The van der Waals surface area contributed by atoms with E-state index in [9.17, 15) is 37.5 Å². The molecule has 0 aromatic carbocycles. The van der Waals surface area contributed by atoms with Crippen LogP contribution in [-0.4, -0.2) is 60.1 Å². The van der Waals surface area contributed by atoms with E-state index in [-0.39, 0.29) is 35.5 Å². The largest absolute Gasteiger partial charge is 0.522 e. The Hall–Kier alpha value is -2.01. The minimum atomic E-state index is -5.02. The second-order valence-electron chi connectivity index (χ2n) is 10.7. The van der Waals surface area contributed by atoms with E-state index in [0.29, 0.717) is 19.4 Å². The molecule has 192 valence electrons. The van der Waals surface area contributed by atoms with Crippen molar-refractivity contribution in [1.29, 1.82) is 0 Å². The molecule has 7 atom stereocenters. The summed E-state index contributed by atoms with van der Waals surface area (Å²) in [5, 5.41) is 15.5. The average Bonchev–Trinajstić information content (AvgIpc) is 3.10. The van der Waals surface area contributed by atoms with Crippen LogP contribution in [0.15, 0.2) is 0 Å². The number of ketones is 2. The van der Waals surface area contributed by atoms with Crippen LogP contribution in [-0.2, 0) is 23.9 Å². The Bertz CT molecular complexity index is 843. The molecular weight excluding hydrogens is 457 g/mol. The number of carbonyl (C=O) groups is 4. The molecule has 0 spiro atoms. The van der Waals surface area contributed by atoms with Gasteiger partial charge < -0.3 is 15.7 Å². The number of amides is 2. The topological polar surface area (TPSA) is 122 Å². The number of aliphatic hydroxyl groups is 1. The molecule has 2 amide bonds. The lowest BCUT2D eigenvalue weighted by Gasteiger charge is -2.29. The second kappa shape index (κ2) is 9.56. The highest BCUT2D eigenvalue weighted by Gasteiger charge is 2.70. The van der Waals surface area contributed by atoms with Crippen molar-refractivity contribution in [2.24, 2.45) is 40.9 Å². The van der Waals surface area contributed by atoms with Crippen LogP contribution in [0.2, 0.25) is 0 Å². The van der Waals surface area contributed by atoms with Crippen LogP contribution >= 0.6 is 0 Å². The Morgan fingerprint density at radius 1 is 1.26 bits per heavy atom. The molecule has 3 aliphatic rings. The average molecular weight is 491 g/mol. The number of hydrogen-bond acceptors (Lipinski definition) is 6. The van der Waals surface area contributed by atoms with Crippen LogP contribution in [0.3, 0.4) is 0 Å². The van der Waals surface area contributed by atoms with Gasteiger partial charge in [0, 0.05) is 18.4 Å². The maximum Gasteiger partial charge on any atom is 0.522 e. The van der Waals surface area contributed by atoms with E-state index in [1.807, 2.05) is 13.8 Å². The first-order chi connectivity index (χ1) is 15.6. The molecule has 11 heteroatoms. The number of rotatable bonds is 10. The molecule has 34 heavy (non-hydrogen) atoms. The Morgan fingerprint density at radius 2 is 1.91 bits per heavy atom. The highest BCUT2D eigenvalue weighted by molar-refractivity contribution is 5.95. The van der Waals surface area contributed by atoms with Gasteiger partial charge in [0.2, 0.25) is 11.8 Å². The molecule has 1 heterocycles. The lowest BCUT2D eigenvalue weighted by atomic mass is 9.78. The van der Waals surface area contributed by atoms with Gasteiger partial charge in [-0.25, -0.2) is 0 Å². The number of aliphatic hydroxyl groups excluding tert-OH is 1. The van der Waals surface area contributed by atoms with Crippen molar-refractivity contribution >= 4 is 23.4 Å². The minimum absolute atomic E-state index is 0.0971. The summed E-state index contributed by atoms with van der Waals surface area (Å²) in [6, 6.07) is -1.37. The molecule has 3 fully saturated rings. The zero-order valence-electron chi connectivity index (χ0n) is 19.8. The summed E-state index contributed by atoms with van der Waals surface area (Å²) in [5.41, 5.74) is -0.203. The van der Waals surface area contributed by atoms with Crippen LogP contribution in [0.4, 0.5) is 13.2 Å². The maximum atomic E-state index is 13.4. The maximum absolute atomic E-state index is 13.4. The quantitative estimate of drug-likeness (QED) is 0.428. The third-order valence-electron chi connectivity index (χ3n) is 7.82. The van der Waals surface area contributed by atoms with E-state index in [1.165, 1.54) is 0 Å². The van der Waals surface area contributed by atoms with E-state index in [4.69, 9.17) is 0 Å². The summed E-state index contributed by atoms with van der Waals surface area (Å²) < 4.78 is 41.1. The minimum Gasteiger partial charge on any atom is -0.385 e. The molecule has 2 aliphatic carbocycles. The van der Waals surface area contributed by atoms with Crippen molar-refractivity contribution in [2.75, 3.05) is 13.2 Å². The van der Waals surface area contributed by atoms with E-state index in [1.54, 1.807) is 13.8 Å². The molecule has 1 aliphatic heterocycles. The van der Waals surface area contributed by atoms with Crippen molar-refractivity contribution in [1.82, 2.24) is 10.6 Å². The van der Waals surface area contributed by atoms with Gasteiger partial charge in [-0.2, -0.15) is 0 Å². The van der Waals surface area contributed by atoms with Crippen LogP contribution in [0.25, 0.3) is 0 Å². The highest BCUT2D eigenvalue weighted by Crippen LogP contribution is 2.70. The second-order valence-corrected chi connectivity index (χ2v) is 10.7. The van der Waals surface area contributed by atoms with Crippen molar-refractivity contribution in [3.63, 3.8) is 0 Å². The molecule has 1 saturated heterocycles. The molecule has 8 nitrogen and oxygen atoms in total. The lowest BCUT2D eigenvalue weighted by Crippen LogP contribution is -2.50. The number of fused-ring (bicyclic) bond motifs is 1. The van der Waals surface area contributed by atoms with Crippen LogP contribution in [0, 0.1) is 40.9 Å². The monoisotopic (exact) mass is 490 g/mol. The third-order valence-corrected chi connectivity index (χ3v) is 7.82. The van der Waals surface area contributed by atoms with Gasteiger partial charge in [0.1, 0.15) is 12.7 Å². The lowest BCUT2D eigenvalue weighted by molar-refractivity contribution is -0.321. The number of nitrogens with one attached hydrogen (secondary N) is 2. The van der Waals surface area contributed by atoms with Gasteiger partial charge in [-0.1, -0.05) is 27.7 Å². The molecule has 0 aromatic rings. The SMILES string of the molecule is CC(C)[C@@H](O)C(=O)C1C[C@H]2[C@@H]([C@H]1C(=O)N[C@@H](C[C@@H]1CCNC1=O)C(=O)COC(F)(F)F)C2(C)C. The van der Waals surface area contributed by atoms with Crippen molar-refractivity contribution in [3.8, 4) is 0 Å². The number of carbonyl (C=O) groups excluding carboxylic acids is 4. The molecule has 1 unspecified atom stereocenters. The first kappa shape index (κ1) is 26.6. The fourth-order valence-corrected chi connectivity index (χ4v) is 5.75. The zero-order chi connectivity index (χ0) is 25.6. The summed E-state index contributed by atoms with van der Waals surface area (Å²) in [5.74, 6) is -4.94. The summed E-state index contributed by atoms with van der Waals surface area (Å²) in [6.45, 7) is 6.43. The van der Waals surface area contributed by atoms with Crippen molar-refractivity contribution in [2.45, 2.75) is 65.5 Å². The molecule has 2 saturated carbocycles. The van der Waals surface area contributed by atoms with E-state index in [0.717, 1.165) is 0 Å². The fourth-order valence-electron chi connectivity index (χ4n) is 5.75. The Morgan fingerprint density at radius 3 is 2.44 bits per heavy atom. The van der Waals surface area contributed by atoms with E-state index >= 15 is 0 Å². The molecule has 0 bridgehead atoms. The van der Waals surface area contributed by atoms with Gasteiger partial charge in [0.25, 0.3) is 0 Å². The van der Waals surface area contributed by atoms with Crippen LogP contribution < -0.4 is 10.6 Å². The van der Waals surface area contributed by atoms with Crippen molar-refractivity contribution in [3.05, 3.63) is 0 Å². The first-order valence-electron chi connectivity index (χ1n) is 11.7. The van der Waals surface area contributed by atoms with E-state index < -0.39 is 60.3 Å². The number of hydrogen-bond donors (Lipinski definition) is 3. The van der Waals surface area contributed by atoms with Gasteiger partial charge in [0.05, 0.1) is 12.0 Å². The first-order valence-corrected chi connectivity index (χ1v) is 11.7. The summed E-state index contributed by atoms with van der Waals surface area (Å²) in [7, 11) is 0. The molecule has 3 N–H and O–H groups in total. The normalized spacial score (nSPS) is 31.6. The van der Waals surface area contributed by atoms with Crippen LogP contribution in [0.5, 0.6) is 0 Å². The zero-order valence-corrected chi connectivity index (χ0v) is 19.8. The molecule has 3 rings (SSSR count). The van der Waals surface area contributed by atoms with Crippen molar-refractivity contribution < 1.29 is 42.2 Å². The Kier molecular flexibility index (Phi) is 7.48. The van der Waals surface area contributed by atoms with Gasteiger partial charge in [-0.15, -0.1) is 13.2 Å². The van der Waals surface area contributed by atoms with Gasteiger partial charge >= 0.3 is 6.36 Å². The van der Waals surface area contributed by atoms with Gasteiger partial charge in [-0.3, -0.25) is 23.9 Å². The van der Waals surface area contributed by atoms with Crippen LogP contribution in [0.1, 0.15) is 47.0 Å². The number of halogens is 3. The Labute approximate surface area is 196 Å². The standard InChI is InChI=1S/C23H33F3N2O6/c1-10(2)18(30)19(31)12-8-13-17(22(13,3)4)16(12)21(33)28-14(7-11-5-6-27-20(11)32)15(29)9-34-23(24,25)26/h10-14,16-18,30H,5-9H2,1-4H3,(H,27,32)(H,28,33)/t11-,12?,13-,14-,16-,17-,18+/m0/s1. The smallest absolute Gasteiger partial charge is 0.385 e. The highest BCUT2D eigenvalue weighted by atomic mass is 19.4. The summed E-state index contributed by atoms with van der Waals surface area (Å²) in [4.78, 5) is 50.9. The number of Topliss-reactive ketones (excluding diaryl/α,β-unsaturated/α-hetero) is 2. The van der Waals surface area contributed by atoms with Gasteiger partial charge in [-0.05, 0) is 42.4 Å². The number of alkyl halides is 3. The Balaban J connectivity index is 1.78. The fraction of sp³-hybridized carbons (Fsp3) is 0.826. The molecule has 0 radical (unpaired) electrons. The predicted octanol–water partition coefficient (Wildman–Crippen LogP) is 1.60. The number of ether oxygens (including phenoxy) is 1. The van der Waals surface area contributed by atoms with E-state index in [2.05, 4.69) is 15.4 Å². The molecule has 0 aromatic heterocycles. The summed E-state index contributed by atoms with van der Waals surface area (Å²) >= 11 is 0.